The Morgan fingerprint density at radius 1 is 1.35 bits per heavy atom. The van der Waals surface area contributed by atoms with Gasteiger partial charge < -0.3 is 9.15 Å². The van der Waals surface area contributed by atoms with E-state index in [0.29, 0.717) is 28.2 Å². The van der Waals surface area contributed by atoms with Crippen LogP contribution in [0.2, 0.25) is 5.22 Å². The summed E-state index contributed by atoms with van der Waals surface area (Å²) in [6.07, 6.45) is 1.79. The minimum Gasteiger partial charge on any atom is -0.493 e. The molecule has 5 nitrogen and oxygen atoms in total. The summed E-state index contributed by atoms with van der Waals surface area (Å²) < 4.78 is 12.1. The van der Waals surface area contributed by atoms with Gasteiger partial charge in [0.25, 0.3) is 0 Å². The number of furan rings is 1. The molecular formula is C11H8ClN3O2. The van der Waals surface area contributed by atoms with Gasteiger partial charge in [-0.25, -0.2) is 9.50 Å². The van der Waals surface area contributed by atoms with E-state index in [2.05, 4.69) is 10.1 Å². The van der Waals surface area contributed by atoms with Crippen molar-refractivity contribution in [3.05, 3.63) is 35.7 Å². The number of fused-ring (bicyclic) bond motifs is 1. The Labute approximate surface area is 102 Å². The fourth-order valence-corrected chi connectivity index (χ4v) is 1.73. The first kappa shape index (κ1) is 10.2. The minimum absolute atomic E-state index is 0.311. The van der Waals surface area contributed by atoms with E-state index in [4.69, 9.17) is 20.8 Å². The summed E-state index contributed by atoms with van der Waals surface area (Å²) in [7, 11) is 1.59. The van der Waals surface area contributed by atoms with Crippen LogP contribution in [0.5, 0.6) is 5.75 Å². The summed E-state index contributed by atoms with van der Waals surface area (Å²) in [5.41, 5.74) is 0.637. The maximum atomic E-state index is 5.71. The van der Waals surface area contributed by atoms with Gasteiger partial charge in [0.2, 0.25) is 5.82 Å². The van der Waals surface area contributed by atoms with Crippen molar-refractivity contribution in [3.63, 3.8) is 0 Å². The van der Waals surface area contributed by atoms with Crippen LogP contribution in [0.15, 0.2) is 34.9 Å². The number of ether oxygens (including phenoxy) is 1. The van der Waals surface area contributed by atoms with Crippen molar-refractivity contribution in [2.45, 2.75) is 0 Å². The maximum absolute atomic E-state index is 5.71. The number of rotatable bonds is 2. The van der Waals surface area contributed by atoms with Crippen LogP contribution < -0.4 is 4.74 Å². The molecule has 0 aliphatic rings. The standard InChI is InChI=1S/C11H8ClN3O2/c1-16-8-3-2-6-15-11(8)13-10(14-15)7-4-5-9(12)17-7/h2-6H,1H3. The average Bonchev–Trinajstić information content (AvgIpc) is 2.93. The van der Waals surface area contributed by atoms with Crippen molar-refractivity contribution < 1.29 is 9.15 Å². The highest BCUT2D eigenvalue weighted by molar-refractivity contribution is 6.28. The number of aromatic nitrogens is 3. The maximum Gasteiger partial charge on any atom is 0.218 e. The van der Waals surface area contributed by atoms with E-state index < -0.39 is 0 Å². The molecule has 6 heteroatoms. The van der Waals surface area contributed by atoms with Crippen molar-refractivity contribution >= 4 is 17.2 Å². The zero-order chi connectivity index (χ0) is 11.8. The zero-order valence-electron chi connectivity index (χ0n) is 8.92. The molecule has 3 heterocycles. The molecule has 0 unspecified atom stereocenters. The van der Waals surface area contributed by atoms with Crippen molar-refractivity contribution in [3.8, 4) is 17.3 Å². The van der Waals surface area contributed by atoms with E-state index in [9.17, 15) is 0 Å². The lowest BCUT2D eigenvalue weighted by Crippen LogP contribution is -1.90. The first-order valence-electron chi connectivity index (χ1n) is 4.93. The Morgan fingerprint density at radius 3 is 2.94 bits per heavy atom. The number of halogens is 1. The monoisotopic (exact) mass is 249 g/mol. The van der Waals surface area contributed by atoms with E-state index in [-0.39, 0.29) is 0 Å². The molecule has 3 aromatic rings. The molecule has 0 fully saturated rings. The molecular weight excluding hydrogens is 242 g/mol. The van der Waals surface area contributed by atoms with Crippen LogP contribution in [0.4, 0.5) is 0 Å². The molecule has 0 aromatic carbocycles. The molecule has 0 aliphatic carbocycles. The first-order chi connectivity index (χ1) is 8.28. The van der Waals surface area contributed by atoms with Gasteiger partial charge in [0, 0.05) is 6.20 Å². The van der Waals surface area contributed by atoms with Crippen LogP contribution in [-0.2, 0) is 0 Å². The lowest BCUT2D eigenvalue weighted by molar-refractivity contribution is 0.416. The van der Waals surface area contributed by atoms with E-state index >= 15 is 0 Å². The normalized spacial score (nSPS) is 10.9. The van der Waals surface area contributed by atoms with Crippen LogP contribution in [0.25, 0.3) is 17.2 Å². The Morgan fingerprint density at radius 2 is 2.24 bits per heavy atom. The highest BCUT2D eigenvalue weighted by Crippen LogP contribution is 2.24. The molecule has 0 amide bonds. The molecule has 0 N–H and O–H groups in total. The van der Waals surface area contributed by atoms with Gasteiger partial charge in [-0.1, -0.05) is 0 Å². The van der Waals surface area contributed by atoms with Gasteiger partial charge in [-0.2, -0.15) is 0 Å². The van der Waals surface area contributed by atoms with Crippen LogP contribution in [-0.4, -0.2) is 21.7 Å². The SMILES string of the molecule is COc1cccn2nc(-c3ccc(Cl)o3)nc12. The van der Waals surface area contributed by atoms with Gasteiger partial charge in [0.15, 0.2) is 22.4 Å². The van der Waals surface area contributed by atoms with Crippen LogP contribution in [0.1, 0.15) is 0 Å². The lowest BCUT2D eigenvalue weighted by Gasteiger charge is -1.98. The molecule has 0 spiro atoms. The van der Waals surface area contributed by atoms with Gasteiger partial charge in [-0.05, 0) is 35.9 Å². The molecule has 0 saturated heterocycles. The molecule has 17 heavy (non-hydrogen) atoms. The van der Waals surface area contributed by atoms with Crippen LogP contribution in [0, 0.1) is 0 Å². The molecule has 3 aromatic heterocycles. The van der Waals surface area contributed by atoms with E-state index in [1.165, 1.54) is 0 Å². The topological polar surface area (TPSA) is 52.6 Å². The number of methoxy groups -OCH3 is 1. The number of hydrogen-bond acceptors (Lipinski definition) is 4. The van der Waals surface area contributed by atoms with Crippen molar-refractivity contribution in [1.82, 2.24) is 14.6 Å². The molecule has 0 bridgehead atoms. The number of hydrogen-bond donors (Lipinski definition) is 0. The van der Waals surface area contributed by atoms with Crippen LogP contribution in [0.3, 0.4) is 0 Å². The second-order valence-electron chi connectivity index (χ2n) is 3.38. The van der Waals surface area contributed by atoms with E-state index in [1.807, 2.05) is 12.1 Å². The fourth-order valence-electron chi connectivity index (χ4n) is 1.58. The lowest BCUT2D eigenvalue weighted by atomic mass is 10.4. The summed E-state index contributed by atoms with van der Waals surface area (Å²) in [5, 5.41) is 4.59. The Kier molecular flexibility index (Phi) is 2.26. The largest absolute Gasteiger partial charge is 0.493 e. The second-order valence-corrected chi connectivity index (χ2v) is 3.76. The summed E-state index contributed by atoms with van der Waals surface area (Å²) in [5.74, 6) is 1.66. The smallest absolute Gasteiger partial charge is 0.218 e. The average molecular weight is 250 g/mol. The fraction of sp³-hybridized carbons (Fsp3) is 0.0909. The quantitative estimate of drug-likeness (QED) is 0.701. The molecule has 0 radical (unpaired) electrons. The van der Waals surface area contributed by atoms with Gasteiger partial charge in [0.05, 0.1) is 7.11 Å². The number of pyridine rings is 1. The second kappa shape index (κ2) is 3.78. The first-order valence-corrected chi connectivity index (χ1v) is 5.31. The third-order valence-corrected chi connectivity index (χ3v) is 2.54. The Balaban J connectivity index is 2.19. The molecule has 0 saturated carbocycles. The summed E-state index contributed by atoms with van der Waals surface area (Å²) in [6.45, 7) is 0. The third kappa shape index (κ3) is 1.64. The van der Waals surface area contributed by atoms with Gasteiger partial charge >= 0.3 is 0 Å². The Bertz CT molecular complexity index is 674. The highest BCUT2D eigenvalue weighted by atomic mass is 35.5. The van der Waals surface area contributed by atoms with Crippen LogP contribution >= 0.6 is 11.6 Å². The molecule has 0 aliphatic heterocycles. The van der Waals surface area contributed by atoms with Gasteiger partial charge in [-0.15, -0.1) is 5.10 Å². The van der Waals surface area contributed by atoms with Gasteiger partial charge in [0.1, 0.15) is 0 Å². The Hall–Kier alpha value is -2.01. The zero-order valence-corrected chi connectivity index (χ0v) is 9.68. The van der Waals surface area contributed by atoms with E-state index in [1.54, 1.807) is 30.0 Å². The van der Waals surface area contributed by atoms with Crippen molar-refractivity contribution in [1.29, 1.82) is 0 Å². The highest BCUT2D eigenvalue weighted by Gasteiger charge is 2.12. The van der Waals surface area contributed by atoms with Crippen molar-refractivity contribution in [2.75, 3.05) is 7.11 Å². The summed E-state index contributed by atoms with van der Waals surface area (Å²) in [4.78, 5) is 4.34. The van der Waals surface area contributed by atoms with Crippen molar-refractivity contribution in [2.24, 2.45) is 0 Å². The third-order valence-electron chi connectivity index (χ3n) is 2.34. The minimum atomic E-state index is 0.311. The summed E-state index contributed by atoms with van der Waals surface area (Å²) in [6, 6.07) is 7.03. The molecule has 0 atom stereocenters. The number of nitrogens with zero attached hydrogens (tertiary/aromatic N) is 3. The predicted molar refractivity (Wildman–Crippen MR) is 62.3 cm³/mol. The molecule has 3 rings (SSSR count). The van der Waals surface area contributed by atoms with Gasteiger partial charge in [-0.3, -0.25) is 0 Å². The molecule has 86 valence electrons. The van der Waals surface area contributed by atoms with E-state index in [0.717, 1.165) is 0 Å². The summed E-state index contributed by atoms with van der Waals surface area (Å²) >= 11 is 5.71. The predicted octanol–water partition coefficient (Wildman–Crippen LogP) is 2.65.